The first-order valence-electron chi connectivity index (χ1n) is 16.4. The second-order valence-corrected chi connectivity index (χ2v) is 12.2. The van der Waals surface area contributed by atoms with E-state index in [4.69, 9.17) is 0 Å². The Bertz CT molecular complexity index is 1370. The largest absolute Gasteiger partial charge is 0.350 e. The molecule has 7 nitrogen and oxygen atoms in total. The summed E-state index contributed by atoms with van der Waals surface area (Å²) in [7, 11) is 0. The molecule has 3 aromatic carbocycles. The number of hydrogen-bond acceptors (Lipinski definition) is 4. The second-order valence-electron chi connectivity index (χ2n) is 12.2. The van der Waals surface area contributed by atoms with Crippen molar-refractivity contribution in [1.82, 2.24) is 20.9 Å². The number of likely N-dealkylation sites (N-methyl/N-ethyl adjacent to an activating group) is 1. The maximum Gasteiger partial charge on any atom is 0.234 e. The van der Waals surface area contributed by atoms with Crippen molar-refractivity contribution in [3.63, 3.8) is 0 Å². The van der Waals surface area contributed by atoms with Gasteiger partial charge in [0.05, 0.1) is 24.7 Å². The van der Waals surface area contributed by atoms with E-state index < -0.39 is 0 Å². The molecule has 4 unspecified atom stereocenters. The number of rotatable bonds is 17. The monoisotopic (exact) mass is 612 g/mol. The number of carbonyl (C=O) groups is 3. The van der Waals surface area contributed by atoms with E-state index in [1.807, 2.05) is 81.4 Å². The van der Waals surface area contributed by atoms with E-state index in [0.717, 1.165) is 47.3 Å². The summed E-state index contributed by atoms with van der Waals surface area (Å²) in [5.41, 5.74) is 5.39. The molecule has 0 aromatic heterocycles. The van der Waals surface area contributed by atoms with Crippen LogP contribution in [-0.4, -0.2) is 42.3 Å². The Kier molecular flexibility index (Phi) is 14.3. The van der Waals surface area contributed by atoms with E-state index >= 15 is 0 Å². The minimum absolute atomic E-state index is 0.00328. The van der Waals surface area contributed by atoms with E-state index in [2.05, 4.69) is 59.8 Å². The van der Waals surface area contributed by atoms with Crippen LogP contribution in [0.1, 0.15) is 100 Å². The molecular formula is C38H52N4O3. The number of hydrogen-bond donors (Lipinski definition) is 3. The molecule has 3 aromatic rings. The van der Waals surface area contributed by atoms with Crippen LogP contribution in [0.2, 0.25) is 0 Å². The van der Waals surface area contributed by atoms with Crippen molar-refractivity contribution in [2.75, 3.05) is 19.6 Å². The maximum atomic E-state index is 12.9. The van der Waals surface area contributed by atoms with Gasteiger partial charge >= 0.3 is 0 Å². The lowest BCUT2D eigenvalue weighted by molar-refractivity contribution is -0.123. The molecule has 0 bridgehead atoms. The zero-order valence-corrected chi connectivity index (χ0v) is 27.9. The minimum Gasteiger partial charge on any atom is -0.350 e. The maximum absolute atomic E-state index is 12.9. The molecule has 4 atom stereocenters. The van der Waals surface area contributed by atoms with Gasteiger partial charge in [-0.25, -0.2) is 0 Å². The highest BCUT2D eigenvalue weighted by Crippen LogP contribution is 2.20. The Labute approximate surface area is 270 Å². The molecule has 0 aliphatic rings. The van der Waals surface area contributed by atoms with Gasteiger partial charge in [0.2, 0.25) is 17.7 Å². The molecule has 0 aliphatic heterocycles. The molecule has 3 N–H and O–H groups in total. The number of benzene rings is 3. The van der Waals surface area contributed by atoms with Crippen molar-refractivity contribution in [3.05, 3.63) is 107 Å². The van der Waals surface area contributed by atoms with Crippen LogP contribution in [0.4, 0.5) is 0 Å². The summed E-state index contributed by atoms with van der Waals surface area (Å²) in [5, 5.41) is 9.34. The van der Waals surface area contributed by atoms with E-state index in [0.29, 0.717) is 25.8 Å². The third-order valence-electron chi connectivity index (χ3n) is 8.35. The lowest BCUT2D eigenvalue weighted by Gasteiger charge is -2.20. The van der Waals surface area contributed by atoms with Crippen LogP contribution in [0, 0.1) is 5.92 Å². The Morgan fingerprint density at radius 1 is 0.622 bits per heavy atom. The van der Waals surface area contributed by atoms with Crippen molar-refractivity contribution in [1.29, 1.82) is 0 Å². The van der Waals surface area contributed by atoms with Crippen LogP contribution in [0.25, 0.3) is 0 Å². The molecule has 242 valence electrons. The number of nitrogens with zero attached hydrogens (tertiary/aromatic N) is 1. The normalized spacial score (nSPS) is 13.8. The van der Waals surface area contributed by atoms with Crippen LogP contribution in [0.3, 0.4) is 0 Å². The molecule has 3 rings (SSSR count). The van der Waals surface area contributed by atoms with Crippen LogP contribution < -0.4 is 16.0 Å². The zero-order chi connectivity index (χ0) is 32.8. The number of amides is 3. The topological polar surface area (TPSA) is 90.5 Å². The lowest BCUT2D eigenvalue weighted by atomic mass is 9.95. The van der Waals surface area contributed by atoms with Crippen LogP contribution in [-0.2, 0) is 27.2 Å². The first-order valence-corrected chi connectivity index (χ1v) is 16.4. The second kappa shape index (κ2) is 18.1. The summed E-state index contributed by atoms with van der Waals surface area (Å²) >= 11 is 0. The van der Waals surface area contributed by atoms with Crippen LogP contribution >= 0.6 is 0 Å². The van der Waals surface area contributed by atoms with Crippen molar-refractivity contribution < 1.29 is 14.4 Å². The fourth-order valence-corrected chi connectivity index (χ4v) is 5.60. The van der Waals surface area contributed by atoms with Gasteiger partial charge in [0, 0.05) is 12.8 Å². The van der Waals surface area contributed by atoms with Gasteiger partial charge in [0.1, 0.15) is 0 Å². The average Bonchev–Trinajstić information content (AvgIpc) is 3.03. The van der Waals surface area contributed by atoms with E-state index in [1.54, 1.807) is 0 Å². The number of carbonyl (C=O) groups excluding carboxylic acids is 3. The van der Waals surface area contributed by atoms with Gasteiger partial charge < -0.3 is 16.0 Å². The third-order valence-corrected chi connectivity index (χ3v) is 8.35. The molecule has 0 spiro atoms. The van der Waals surface area contributed by atoms with Gasteiger partial charge in [0.25, 0.3) is 0 Å². The van der Waals surface area contributed by atoms with Crippen molar-refractivity contribution >= 4 is 17.7 Å². The SMILES string of the molecule is CCN(CC)CC(=O)NC(C)c1cccc(CCC(=O)NC(C)c2cccc(CC(C)CC(=O)NC(C)c3ccccc3)c2)c1. The summed E-state index contributed by atoms with van der Waals surface area (Å²) in [6.07, 6.45) is 2.24. The number of aryl methyl sites for hydroxylation is 1. The third kappa shape index (κ3) is 12.1. The molecule has 0 radical (unpaired) electrons. The number of nitrogens with one attached hydrogen (secondary N) is 3. The summed E-state index contributed by atoms with van der Waals surface area (Å²) in [5.74, 6) is 0.247. The molecule has 0 aliphatic carbocycles. The standard InChI is InChI=1S/C38H52N4O3/c1-7-42(8-2)26-38(45)41-30(6)34-18-12-14-31(24-34)20-21-36(43)39-29(5)35-19-13-15-32(25-35)22-27(3)23-37(44)40-28(4)33-16-10-9-11-17-33/h9-19,24-25,27-30H,7-8,20-23,26H2,1-6H3,(H,39,43)(H,40,44)(H,41,45). The smallest absolute Gasteiger partial charge is 0.234 e. The molecular weight excluding hydrogens is 560 g/mol. The Hall–Kier alpha value is -3.97. The highest BCUT2D eigenvalue weighted by Gasteiger charge is 2.16. The van der Waals surface area contributed by atoms with Crippen molar-refractivity contribution in [2.45, 2.75) is 85.4 Å². The quantitative estimate of drug-likeness (QED) is 0.163. The molecule has 7 heteroatoms. The van der Waals surface area contributed by atoms with Gasteiger partial charge in [-0.05, 0) is 80.4 Å². The highest BCUT2D eigenvalue weighted by molar-refractivity contribution is 5.78. The molecule has 0 fully saturated rings. The average molecular weight is 613 g/mol. The van der Waals surface area contributed by atoms with E-state index in [1.165, 1.54) is 0 Å². The Morgan fingerprint density at radius 3 is 1.76 bits per heavy atom. The summed E-state index contributed by atoms with van der Waals surface area (Å²) in [6.45, 7) is 14.3. The molecule has 45 heavy (non-hydrogen) atoms. The van der Waals surface area contributed by atoms with Crippen molar-refractivity contribution in [2.24, 2.45) is 5.92 Å². The first-order chi connectivity index (χ1) is 21.6. The fourth-order valence-electron chi connectivity index (χ4n) is 5.60. The zero-order valence-electron chi connectivity index (χ0n) is 27.9. The summed E-state index contributed by atoms with van der Waals surface area (Å²) in [6, 6.07) is 26.1. The highest BCUT2D eigenvalue weighted by atomic mass is 16.2. The van der Waals surface area contributed by atoms with Crippen LogP contribution in [0.5, 0.6) is 0 Å². The molecule has 3 amide bonds. The van der Waals surface area contributed by atoms with Gasteiger partial charge in [-0.1, -0.05) is 99.6 Å². The lowest BCUT2D eigenvalue weighted by Crippen LogP contribution is -2.38. The van der Waals surface area contributed by atoms with E-state index in [9.17, 15) is 14.4 Å². The first kappa shape index (κ1) is 35.5. The summed E-state index contributed by atoms with van der Waals surface area (Å²) < 4.78 is 0. The molecule has 0 saturated heterocycles. The molecule has 0 saturated carbocycles. The Morgan fingerprint density at radius 2 is 1.13 bits per heavy atom. The predicted molar refractivity (Wildman–Crippen MR) is 183 cm³/mol. The molecule has 0 heterocycles. The summed E-state index contributed by atoms with van der Waals surface area (Å²) in [4.78, 5) is 40.1. The predicted octanol–water partition coefficient (Wildman–Crippen LogP) is 6.46. The van der Waals surface area contributed by atoms with E-state index in [-0.39, 0.29) is 41.8 Å². The van der Waals surface area contributed by atoms with Gasteiger partial charge in [-0.2, -0.15) is 0 Å². The Balaban J connectivity index is 1.46. The van der Waals surface area contributed by atoms with Gasteiger partial charge in [-0.15, -0.1) is 0 Å². The fraction of sp³-hybridized carbons (Fsp3) is 0.447. The van der Waals surface area contributed by atoms with Gasteiger partial charge in [-0.3, -0.25) is 19.3 Å². The van der Waals surface area contributed by atoms with Crippen molar-refractivity contribution in [3.8, 4) is 0 Å². The van der Waals surface area contributed by atoms with Crippen LogP contribution in [0.15, 0.2) is 78.9 Å². The van der Waals surface area contributed by atoms with Gasteiger partial charge in [0.15, 0.2) is 0 Å². The minimum atomic E-state index is -0.129.